The Morgan fingerprint density at radius 2 is 1.95 bits per heavy atom. The summed E-state index contributed by atoms with van der Waals surface area (Å²) in [6.07, 6.45) is -0.393. The maximum Gasteiger partial charge on any atom is 0.408 e. The zero-order valence-electron chi connectivity index (χ0n) is 12.4. The van der Waals surface area contributed by atoms with Crippen LogP contribution in [-0.4, -0.2) is 25.3 Å². The van der Waals surface area contributed by atoms with Crippen LogP contribution >= 0.6 is 0 Å². The van der Waals surface area contributed by atoms with Crippen LogP contribution < -0.4 is 10.6 Å². The summed E-state index contributed by atoms with van der Waals surface area (Å²) in [5, 5.41) is 6.00. The summed E-state index contributed by atoms with van der Waals surface area (Å²) in [4.78, 5) is 11.9. The zero-order chi connectivity index (χ0) is 14.5. The summed E-state index contributed by atoms with van der Waals surface area (Å²) in [6, 6.07) is 7.93. The van der Waals surface area contributed by atoms with Gasteiger partial charge in [0.25, 0.3) is 0 Å². The summed E-state index contributed by atoms with van der Waals surface area (Å²) in [5.41, 5.74) is 1.77. The minimum Gasteiger partial charge on any atom is -0.444 e. The molecule has 1 unspecified atom stereocenters. The van der Waals surface area contributed by atoms with E-state index < -0.39 is 11.7 Å². The molecular formula is C15H24N2O2. The van der Waals surface area contributed by atoms with Crippen molar-refractivity contribution in [3.8, 4) is 0 Å². The molecule has 0 saturated carbocycles. The van der Waals surface area contributed by atoms with Gasteiger partial charge in [-0.05, 0) is 45.9 Å². The van der Waals surface area contributed by atoms with Gasteiger partial charge in [0, 0.05) is 6.54 Å². The van der Waals surface area contributed by atoms with Crippen molar-refractivity contribution in [2.45, 2.75) is 39.3 Å². The largest absolute Gasteiger partial charge is 0.444 e. The Morgan fingerprint density at radius 3 is 2.47 bits per heavy atom. The lowest BCUT2D eigenvalue weighted by atomic mass is 10.0. The normalized spacial score (nSPS) is 12.9. The van der Waals surface area contributed by atoms with Gasteiger partial charge in [0.2, 0.25) is 0 Å². The first-order chi connectivity index (χ1) is 8.83. The molecule has 0 aliphatic rings. The van der Waals surface area contributed by atoms with Gasteiger partial charge in [0.1, 0.15) is 5.60 Å². The molecule has 0 saturated heterocycles. The first-order valence-corrected chi connectivity index (χ1v) is 6.53. The third-order valence-corrected chi connectivity index (χ3v) is 2.66. The molecular weight excluding hydrogens is 240 g/mol. The number of alkyl carbamates (subject to hydrolysis) is 1. The summed E-state index contributed by atoms with van der Waals surface area (Å²) in [5.74, 6) is 0. The van der Waals surface area contributed by atoms with Crippen molar-refractivity contribution in [1.29, 1.82) is 0 Å². The number of benzene rings is 1. The number of rotatable bonds is 4. The fraction of sp³-hybridized carbons (Fsp3) is 0.533. The lowest BCUT2D eigenvalue weighted by Gasteiger charge is -2.24. The van der Waals surface area contributed by atoms with E-state index in [0.717, 1.165) is 11.1 Å². The number of carbonyl (C=O) groups excluding carboxylic acids is 1. The van der Waals surface area contributed by atoms with Gasteiger partial charge in [-0.15, -0.1) is 0 Å². The van der Waals surface area contributed by atoms with Crippen LogP contribution in [0.4, 0.5) is 4.79 Å². The second-order valence-electron chi connectivity index (χ2n) is 5.61. The van der Waals surface area contributed by atoms with Crippen molar-refractivity contribution in [2.75, 3.05) is 13.6 Å². The number of ether oxygens (including phenoxy) is 1. The van der Waals surface area contributed by atoms with Crippen molar-refractivity contribution in [2.24, 2.45) is 0 Å². The molecule has 0 radical (unpaired) electrons. The summed E-state index contributed by atoms with van der Waals surface area (Å²) in [7, 11) is 1.86. The van der Waals surface area contributed by atoms with Gasteiger partial charge in [-0.3, -0.25) is 0 Å². The van der Waals surface area contributed by atoms with Gasteiger partial charge in [0.05, 0.1) is 6.04 Å². The van der Waals surface area contributed by atoms with Crippen LogP contribution in [0.25, 0.3) is 0 Å². The molecule has 0 aromatic heterocycles. The van der Waals surface area contributed by atoms with Crippen molar-refractivity contribution in [3.05, 3.63) is 35.4 Å². The molecule has 1 aromatic carbocycles. The Hall–Kier alpha value is -1.55. The number of hydrogen-bond donors (Lipinski definition) is 2. The highest BCUT2D eigenvalue weighted by Gasteiger charge is 2.20. The number of carbonyl (C=O) groups is 1. The minimum atomic E-state index is -0.486. The number of aryl methyl sites for hydroxylation is 1. The fourth-order valence-electron chi connectivity index (χ4n) is 1.87. The number of hydrogen-bond acceptors (Lipinski definition) is 3. The first kappa shape index (κ1) is 15.5. The number of amides is 1. The van der Waals surface area contributed by atoms with Crippen LogP contribution in [-0.2, 0) is 4.74 Å². The van der Waals surface area contributed by atoms with E-state index in [1.165, 1.54) is 0 Å². The van der Waals surface area contributed by atoms with Crippen LogP contribution in [0.3, 0.4) is 0 Å². The quantitative estimate of drug-likeness (QED) is 0.879. The van der Waals surface area contributed by atoms with Gasteiger partial charge >= 0.3 is 6.09 Å². The van der Waals surface area contributed by atoms with E-state index in [2.05, 4.69) is 10.6 Å². The first-order valence-electron chi connectivity index (χ1n) is 6.53. The molecule has 1 atom stereocenters. The second kappa shape index (κ2) is 6.57. The number of likely N-dealkylation sites (N-methyl/N-ethyl adjacent to an activating group) is 1. The monoisotopic (exact) mass is 264 g/mol. The third-order valence-electron chi connectivity index (χ3n) is 2.66. The molecule has 0 fully saturated rings. The standard InChI is InChI=1S/C15H24N2O2/c1-11-8-6-7-9-12(11)13(10-16-5)17-14(18)19-15(2,3)4/h6-9,13,16H,10H2,1-5H3,(H,17,18). The average Bonchev–Trinajstić information content (AvgIpc) is 2.26. The molecule has 106 valence electrons. The Kier molecular flexibility index (Phi) is 5.36. The van der Waals surface area contributed by atoms with Crippen LogP contribution in [0.2, 0.25) is 0 Å². The van der Waals surface area contributed by atoms with Crippen molar-refractivity contribution < 1.29 is 9.53 Å². The van der Waals surface area contributed by atoms with Crippen molar-refractivity contribution >= 4 is 6.09 Å². The maximum absolute atomic E-state index is 11.9. The Labute approximate surface area is 115 Å². The second-order valence-corrected chi connectivity index (χ2v) is 5.61. The Bertz CT molecular complexity index is 424. The van der Waals surface area contributed by atoms with Gasteiger partial charge in [-0.25, -0.2) is 4.79 Å². The van der Waals surface area contributed by atoms with Crippen LogP contribution in [0.1, 0.15) is 37.9 Å². The summed E-state index contributed by atoms with van der Waals surface area (Å²) >= 11 is 0. The molecule has 0 heterocycles. The Balaban J connectivity index is 2.79. The molecule has 0 bridgehead atoms. The lowest BCUT2D eigenvalue weighted by molar-refractivity contribution is 0.0503. The molecule has 1 amide bonds. The number of nitrogens with one attached hydrogen (secondary N) is 2. The molecule has 4 heteroatoms. The predicted molar refractivity (Wildman–Crippen MR) is 77.2 cm³/mol. The molecule has 0 aliphatic heterocycles. The molecule has 19 heavy (non-hydrogen) atoms. The highest BCUT2D eigenvalue weighted by molar-refractivity contribution is 5.68. The highest BCUT2D eigenvalue weighted by atomic mass is 16.6. The highest BCUT2D eigenvalue weighted by Crippen LogP contribution is 2.17. The van der Waals surface area contributed by atoms with Gasteiger partial charge in [-0.2, -0.15) is 0 Å². The molecule has 4 nitrogen and oxygen atoms in total. The molecule has 0 spiro atoms. The molecule has 0 aliphatic carbocycles. The third kappa shape index (κ3) is 5.30. The van der Waals surface area contributed by atoms with Crippen molar-refractivity contribution in [1.82, 2.24) is 10.6 Å². The lowest BCUT2D eigenvalue weighted by Crippen LogP contribution is -2.38. The van der Waals surface area contributed by atoms with Gasteiger partial charge in [0.15, 0.2) is 0 Å². The van der Waals surface area contributed by atoms with Crippen LogP contribution in [0.15, 0.2) is 24.3 Å². The summed E-state index contributed by atoms with van der Waals surface area (Å²) < 4.78 is 5.30. The molecule has 2 N–H and O–H groups in total. The van der Waals surface area contributed by atoms with Gasteiger partial charge in [-0.1, -0.05) is 24.3 Å². The predicted octanol–water partition coefficient (Wildman–Crippen LogP) is 2.78. The van der Waals surface area contributed by atoms with Crippen LogP contribution in [0, 0.1) is 6.92 Å². The van der Waals surface area contributed by atoms with E-state index in [4.69, 9.17) is 4.74 Å². The smallest absolute Gasteiger partial charge is 0.408 e. The van der Waals surface area contributed by atoms with E-state index in [9.17, 15) is 4.79 Å². The SMILES string of the molecule is CNCC(NC(=O)OC(C)(C)C)c1ccccc1C. The van der Waals surface area contributed by atoms with Crippen molar-refractivity contribution in [3.63, 3.8) is 0 Å². The topological polar surface area (TPSA) is 50.4 Å². The van der Waals surface area contributed by atoms with E-state index >= 15 is 0 Å². The summed E-state index contributed by atoms with van der Waals surface area (Å²) in [6.45, 7) is 8.26. The molecule has 1 aromatic rings. The maximum atomic E-state index is 11.9. The van der Waals surface area contributed by atoms with Crippen LogP contribution in [0.5, 0.6) is 0 Å². The van der Waals surface area contributed by atoms with Gasteiger partial charge < -0.3 is 15.4 Å². The minimum absolute atomic E-state index is 0.0963. The van der Waals surface area contributed by atoms with E-state index in [-0.39, 0.29) is 6.04 Å². The van der Waals surface area contributed by atoms with E-state index in [0.29, 0.717) is 6.54 Å². The Morgan fingerprint density at radius 1 is 1.32 bits per heavy atom. The fourth-order valence-corrected chi connectivity index (χ4v) is 1.87. The van der Waals surface area contributed by atoms with E-state index in [1.807, 2.05) is 59.0 Å². The van der Waals surface area contributed by atoms with E-state index in [1.54, 1.807) is 0 Å². The average molecular weight is 264 g/mol. The molecule has 1 rings (SSSR count). The zero-order valence-corrected chi connectivity index (χ0v) is 12.4.